The van der Waals surface area contributed by atoms with E-state index in [4.69, 9.17) is 0 Å². The molecule has 20 heavy (non-hydrogen) atoms. The van der Waals surface area contributed by atoms with Crippen LogP contribution in [0.25, 0.3) is 10.9 Å². The van der Waals surface area contributed by atoms with Gasteiger partial charge in [-0.2, -0.15) is 0 Å². The van der Waals surface area contributed by atoms with Crippen LogP contribution in [0.15, 0.2) is 24.5 Å². The fourth-order valence-electron chi connectivity index (χ4n) is 5.07. The molecule has 4 unspecified atom stereocenters. The number of hydrogen-bond donors (Lipinski definition) is 1. The Morgan fingerprint density at radius 3 is 2.70 bits per heavy atom. The number of aromatic nitrogens is 2. The summed E-state index contributed by atoms with van der Waals surface area (Å²) in [7, 11) is 0. The van der Waals surface area contributed by atoms with Crippen LogP contribution in [-0.4, -0.2) is 16.0 Å². The normalized spacial score (nSPS) is 37.1. The molecule has 102 valence electrons. The Labute approximate surface area is 118 Å². The van der Waals surface area contributed by atoms with Gasteiger partial charge in [0, 0.05) is 11.4 Å². The first-order valence-electron chi connectivity index (χ1n) is 7.80. The SMILES string of the molecule is Cc1cccc2ncnc(NC3C4C5CCC(C5)C34)c12. The van der Waals surface area contributed by atoms with Gasteiger partial charge in [0.25, 0.3) is 0 Å². The minimum Gasteiger partial charge on any atom is -0.366 e. The molecule has 3 saturated carbocycles. The fourth-order valence-corrected chi connectivity index (χ4v) is 5.07. The zero-order valence-electron chi connectivity index (χ0n) is 11.7. The first kappa shape index (κ1) is 11.1. The lowest BCUT2D eigenvalue weighted by Gasteiger charge is -2.13. The van der Waals surface area contributed by atoms with Crippen molar-refractivity contribution in [1.82, 2.24) is 9.97 Å². The second kappa shape index (κ2) is 3.72. The van der Waals surface area contributed by atoms with E-state index in [0.29, 0.717) is 6.04 Å². The molecule has 4 atom stereocenters. The van der Waals surface area contributed by atoms with E-state index in [0.717, 1.165) is 35.0 Å². The largest absolute Gasteiger partial charge is 0.366 e. The molecule has 0 saturated heterocycles. The molecule has 2 bridgehead atoms. The Balaban J connectivity index is 1.51. The highest BCUT2D eigenvalue weighted by atomic mass is 15.1. The van der Waals surface area contributed by atoms with E-state index in [1.165, 1.54) is 30.2 Å². The van der Waals surface area contributed by atoms with Gasteiger partial charge in [0.05, 0.1) is 5.52 Å². The molecule has 2 aromatic rings. The summed E-state index contributed by atoms with van der Waals surface area (Å²) in [5, 5.41) is 4.95. The van der Waals surface area contributed by atoms with E-state index < -0.39 is 0 Å². The van der Waals surface area contributed by atoms with Crippen LogP contribution in [0, 0.1) is 30.6 Å². The van der Waals surface area contributed by atoms with Crippen molar-refractivity contribution in [3.8, 4) is 0 Å². The lowest BCUT2D eigenvalue weighted by atomic mass is 10.0. The van der Waals surface area contributed by atoms with Gasteiger partial charge in [-0.05, 0) is 61.5 Å². The lowest BCUT2D eigenvalue weighted by molar-refractivity contribution is 0.456. The number of nitrogens with zero attached hydrogens (tertiary/aromatic N) is 2. The average Bonchev–Trinajstić information content (AvgIpc) is 2.84. The van der Waals surface area contributed by atoms with Crippen molar-refractivity contribution in [1.29, 1.82) is 0 Å². The third-order valence-corrected chi connectivity index (χ3v) is 5.91. The van der Waals surface area contributed by atoms with Crippen LogP contribution in [0.5, 0.6) is 0 Å². The van der Waals surface area contributed by atoms with Gasteiger partial charge in [0.2, 0.25) is 0 Å². The van der Waals surface area contributed by atoms with Crippen LogP contribution >= 0.6 is 0 Å². The predicted octanol–water partition coefficient (Wildman–Crippen LogP) is 3.39. The molecule has 0 amide bonds. The number of benzene rings is 1. The summed E-state index contributed by atoms with van der Waals surface area (Å²) >= 11 is 0. The van der Waals surface area contributed by atoms with E-state index in [-0.39, 0.29) is 0 Å². The second-order valence-corrected chi connectivity index (χ2v) is 6.85. The molecule has 3 fully saturated rings. The van der Waals surface area contributed by atoms with Crippen LogP contribution in [0.4, 0.5) is 5.82 Å². The van der Waals surface area contributed by atoms with Gasteiger partial charge < -0.3 is 5.32 Å². The molecule has 1 N–H and O–H groups in total. The van der Waals surface area contributed by atoms with Gasteiger partial charge in [0.15, 0.2) is 0 Å². The molecule has 0 radical (unpaired) electrons. The second-order valence-electron chi connectivity index (χ2n) is 6.85. The molecule has 1 aromatic carbocycles. The van der Waals surface area contributed by atoms with Gasteiger partial charge >= 0.3 is 0 Å². The number of hydrogen-bond acceptors (Lipinski definition) is 3. The third kappa shape index (κ3) is 1.36. The van der Waals surface area contributed by atoms with Gasteiger partial charge in [-0.3, -0.25) is 0 Å². The van der Waals surface area contributed by atoms with Gasteiger partial charge in [-0.1, -0.05) is 12.1 Å². The van der Waals surface area contributed by atoms with Crippen molar-refractivity contribution in [3.05, 3.63) is 30.1 Å². The van der Waals surface area contributed by atoms with Crippen molar-refractivity contribution in [3.63, 3.8) is 0 Å². The van der Waals surface area contributed by atoms with E-state index in [1.807, 2.05) is 0 Å². The Hall–Kier alpha value is -1.64. The molecular weight excluding hydrogens is 246 g/mol. The van der Waals surface area contributed by atoms with Gasteiger partial charge in [-0.15, -0.1) is 0 Å². The topological polar surface area (TPSA) is 37.8 Å². The summed E-state index contributed by atoms with van der Waals surface area (Å²) in [5.41, 5.74) is 2.32. The highest BCUT2D eigenvalue weighted by Crippen LogP contribution is 2.66. The highest BCUT2D eigenvalue weighted by molar-refractivity contribution is 5.91. The van der Waals surface area contributed by atoms with Crippen LogP contribution < -0.4 is 5.32 Å². The standard InChI is InChI=1S/C17H19N3/c1-9-3-2-4-12-13(9)17(19-8-18-12)20-16-14-10-5-6-11(7-10)15(14)16/h2-4,8,10-11,14-16H,5-7H2,1H3,(H,18,19,20). The minimum absolute atomic E-state index is 0.680. The lowest BCUT2D eigenvalue weighted by Crippen LogP contribution is -2.14. The summed E-state index contributed by atoms with van der Waals surface area (Å²) in [5.74, 6) is 4.91. The molecular formula is C17H19N3. The maximum absolute atomic E-state index is 4.52. The summed E-state index contributed by atoms with van der Waals surface area (Å²) in [4.78, 5) is 8.92. The third-order valence-electron chi connectivity index (χ3n) is 5.91. The summed E-state index contributed by atoms with van der Waals surface area (Å²) in [6.07, 6.45) is 6.12. The molecule has 3 aliphatic rings. The zero-order valence-corrected chi connectivity index (χ0v) is 11.7. The van der Waals surface area contributed by atoms with Gasteiger partial charge in [-0.25, -0.2) is 9.97 Å². The number of fused-ring (bicyclic) bond motifs is 6. The van der Waals surface area contributed by atoms with Crippen molar-refractivity contribution in [2.45, 2.75) is 32.2 Å². The van der Waals surface area contributed by atoms with Crippen LogP contribution in [0.1, 0.15) is 24.8 Å². The molecule has 3 nitrogen and oxygen atoms in total. The molecule has 5 rings (SSSR count). The number of nitrogens with one attached hydrogen (secondary N) is 1. The molecule has 1 heterocycles. The van der Waals surface area contributed by atoms with E-state index in [9.17, 15) is 0 Å². The summed E-state index contributed by atoms with van der Waals surface area (Å²) in [6, 6.07) is 6.97. The maximum atomic E-state index is 4.52. The van der Waals surface area contributed by atoms with Crippen LogP contribution in [-0.2, 0) is 0 Å². The molecule has 3 aliphatic carbocycles. The predicted molar refractivity (Wildman–Crippen MR) is 79.5 cm³/mol. The molecule has 0 aliphatic heterocycles. The van der Waals surface area contributed by atoms with E-state index >= 15 is 0 Å². The Morgan fingerprint density at radius 2 is 1.90 bits per heavy atom. The highest BCUT2D eigenvalue weighted by Gasteiger charge is 2.65. The van der Waals surface area contributed by atoms with Crippen molar-refractivity contribution >= 4 is 16.7 Å². The molecule has 3 heteroatoms. The quantitative estimate of drug-likeness (QED) is 0.904. The van der Waals surface area contributed by atoms with E-state index in [1.54, 1.807) is 6.33 Å². The average molecular weight is 265 g/mol. The number of aryl methyl sites for hydroxylation is 1. The fraction of sp³-hybridized carbons (Fsp3) is 0.529. The first-order chi connectivity index (χ1) is 9.83. The Bertz CT molecular complexity index is 674. The van der Waals surface area contributed by atoms with Crippen molar-refractivity contribution in [2.75, 3.05) is 5.32 Å². The Kier molecular flexibility index (Phi) is 2.06. The monoisotopic (exact) mass is 265 g/mol. The smallest absolute Gasteiger partial charge is 0.137 e. The van der Waals surface area contributed by atoms with Crippen LogP contribution in [0.3, 0.4) is 0 Å². The first-order valence-corrected chi connectivity index (χ1v) is 7.80. The maximum Gasteiger partial charge on any atom is 0.137 e. The number of anilines is 1. The van der Waals surface area contributed by atoms with E-state index in [2.05, 4.69) is 40.4 Å². The van der Waals surface area contributed by atoms with Crippen LogP contribution in [0.2, 0.25) is 0 Å². The summed E-state index contributed by atoms with van der Waals surface area (Å²) in [6.45, 7) is 2.15. The molecule has 1 aromatic heterocycles. The minimum atomic E-state index is 0.680. The molecule has 0 spiro atoms. The van der Waals surface area contributed by atoms with Gasteiger partial charge in [0.1, 0.15) is 12.1 Å². The van der Waals surface area contributed by atoms with Crippen molar-refractivity contribution < 1.29 is 0 Å². The van der Waals surface area contributed by atoms with Crippen molar-refractivity contribution in [2.24, 2.45) is 23.7 Å². The zero-order chi connectivity index (χ0) is 13.3. The summed E-state index contributed by atoms with van der Waals surface area (Å²) < 4.78 is 0. The number of rotatable bonds is 2. The Morgan fingerprint density at radius 1 is 1.10 bits per heavy atom.